The molecule has 1 amide bonds. The highest BCUT2D eigenvalue weighted by atomic mass is 32.1. The molecule has 2 aromatic carbocycles. The first-order valence-electron chi connectivity index (χ1n) is 10.1. The van der Waals surface area contributed by atoms with E-state index in [1.165, 1.54) is 7.11 Å². The predicted octanol–water partition coefficient (Wildman–Crippen LogP) is 3.10. The first kappa shape index (κ1) is 26.0. The molecule has 2 rings (SSSR count). The third kappa shape index (κ3) is 8.65. The molecule has 0 heterocycles. The average Bonchev–Trinajstić information content (AvgIpc) is 2.85. The number of nitriles is 1. The van der Waals surface area contributed by atoms with Gasteiger partial charge in [0.1, 0.15) is 18.5 Å². The van der Waals surface area contributed by atoms with Gasteiger partial charge in [-0.15, -0.1) is 0 Å². The summed E-state index contributed by atoms with van der Waals surface area (Å²) in [6, 6.07) is 15.2. The van der Waals surface area contributed by atoms with E-state index < -0.39 is 24.3 Å². The van der Waals surface area contributed by atoms with Gasteiger partial charge in [0, 0.05) is 19.2 Å². The lowest BCUT2D eigenvalue weighted by molar-refractivity contribution is -0.141. The van der Waals surface area contributed by atoms with E-state index in [9.17, 15) is 9.59 Å². The maximum atomic E-state index is 12.6. The van der Waals surface area contributed by atoms with Gasteiger partial charge in [-0.2, -0.15) is 17.9 Å². The van der Waals surface area contributed by atoms with Gasteiger partial charge >= 0.3 is 12.1 Å². The van der Waals surface area contributed by atoms with E-state index in [2.05, 4.69) is 17.9 Å². The molecule has 0 radical (unpaired) electrons. The van der Waals surface area contributed by atoms with Gasteiger partial charge in [0.05, 0.1) is 30.6 Å². The smallest absolute Gasteiger partial charge is 0.412 e. The van der Waals surface area contributed by atoms with Crippen LogP contribution in [0.5, 0.6) is 5.75 Å². The van der Waals surface area contributed by atoms with Crippen molar-refractivity contribution in [3.8, 4) is 11.8 Å². The highest BCUT2D eigenvalue weighted by molar-refractivity contribution is 7.81. The number of hydrogen-bond donors (Lipinski definition) is 3. The van der Waals surface area contributed by atoms with Gasteiger partial charge in [0.2, 0.25) is 0 Å². The maximum absolute atomic E-state index is 12.6. The highest BCUT2D eigenvalue weighted by Gasteiger charge is 2.28. The molecule has 0 saturated heterocycles. The third-order valence-corrected chi connectivity index (χ3v) is 4.76. The van der Waals surface area contributed by atoms with Crippen LogP contribution in [0.3, 0.4) is 0 Å². The molecule has 2 aromatic rings. The lowest BCUT2D eigenvalue weighted by Gasteiger charge is -2.26. The summed E-state index contributed by atoms with van der Waals surface area (Å²) in [5, 5.41) is 20.4. The van der Waals surface area contributed by atoms with Crippen molar-refractivity contribution in [2.75, 3.05) is 38.0 Å². The van der Waals surface area contributed by atoms with E-state index in [1.54, 1.807) is 48.5 Å². The van der Waals surface area contributed by atoms with Gasteiger partial charge in [0.25, 0.3) is 0 Å². The number of anilines is 1. The quantitative estimate of drug-likeness (QED) is 0.316. The summed E-state index contributed by atoms with van der Waals surface area (Å²) >= 11 is 3.87. The number of amides is 1. The van der Waals surface area contributed by atoms with E-state index in [0.717, 1.165) is 0 Å². The molecule has 0 fully saturated rings. The van der Waals surface area contributed by atoms with Crippen LogP contribution in [0, 0.1) is 11.3 Å². The Kier molecular flexibility index (Phi) is 11.0. The summed E-state index contributed by atoms with van der Waals surface area (Å²) in [5.74, 6) is 0.0414. The molecule has 176 valence electrons. The maximum Gasteiger partial charge on any atom is 0.412 e. The molecule has 0 aliphatic carbocycles. The number of methoxy groups -OCH3 is 1. The molecule has 0 unspecified atom stereocenters. The number of thiol groups is 1. The van der Waals surface area contributed by atoms with Crippen LogP contribution in [0.2, 0.25) is 0 Å². The van der Waals surface area contributed by atoms with Crippen molar-refractivity contribution in [2.45, 2.75) is 18.6 Å². The number of aliphatic hydroxyl groups excluding tert-OH is 1. The number of benzene rings is 2. The van der Waals surface area contributed by atoms with Gasteiger partial charge in [-0.25, -0.2) is 4.79 Å². The van der Waals surface area contributed by atoms with Crippen LogP contribution in [-0.2, 0) is 19.0 Å². The van der Waals surface area contributed by atoms with Crippen LogP contribution in [0.4, 0.5) is 10.5 Å². The van der Waals surface area contributed by atoms with Crippen molar-refractivity contribution in [3.63, 3.8) is 0 Å². The molecule has 0 saturated carbocycles. The number of aliphatic hydroxyl groups is 1. The number of nitrogens with one attached hydrogen (secondary N) is 1. The Morgan fingerprint density at radius 3 is 2.39 bits per heavy atom. The van der Waals surface area contributed by atoms with Gasteiger partial charge < -0.3 is 24.1 Å². The zero-order chi connectivity index (χ0) is 24.1. The lowest BCUT2D eigenvalue weighted by atomic mass is 10.0. The van der Waals surface area contributed by atoms with Crippen molar-refractivity contribution >= 4 is 30.4 Å². The predicted molar refractivity (Wildman–Crippen MR) is 123 cm³/mol. The van der Waals surface area contributed by atoms with E-state index in [0.29, 0.717) is 22.6 Å². The van der Waals surface area contributed by atoms with Crippen LogP contribution in [0.25, 0.3) is 0 Å². The summed E-state index contributed by atoms with van der Waals surface area (Å²) in [7, 11) is 1.47. The molecule has 0 spiro atoms. The minimum atomic E-state index is -0.824. The van der Waals surface area contributed by atoms with Crippen LogP contribution in [-0.4, -0.2) is 56.0 Å². The molecule has 0 aliphatic rings. The Hall–Kier alpha value is -3.26. The summed E-state index contributed by atoms with van der Waals surface area (Å²) < 4.78 is 21.7. The van der Waals surface area contributed by atoms with Gasteiger partial charge in [-0.05, 0) is 42.0 Å². The molecular weight excluding hydrogens is 448 g/mol. The fourth-order valence-electron chi connectivity index (χ4n) is 2.89. The molecule has 2 atom stereocenters. The average molecular weight is 475 g/mol. The molecular formula is C23H26N2O7S. The number of carbonyl (C=O) groups is 2. The lowest BCUT2D eigenvalue weighted by Crippen LogP contribution is -2.29. The number of carbonyl (C=O) groups excluding carboxylic acids is 2. The molecule has 0 bridgehead atoms. The zero-order valence-electron chi connectivity index (χ0n) is 18.1. The molecule has 0 aromatic heterocycles. The molecule has 0 aliphatic heterocycles. The summed E-state index contributed by atoms with van der Waals surface area (Å²) in [6.45, 7) is 0.107. The minimum absolute atomic E-state index is 0.0418. The van der Waals surface area contributed by atoms with Crippen LogP contribution in [0.1, 0.15) is 23.7 Å². The van der Waals surface area contributed by atoms with Crippen LogP contribution in [0.15, 0.2) is 48.5 Å². The molecule has 2 N–H and O–H groups in total. The second kappa shape index (κ2) is 14.0. The second-order valence-electron chi connectivity index (χ2n) is 6.72. The molecule has 10 heteroatoms. The zero-order valence-corrected chi connectivity index (χ0v) is 19.0. The first-order chi connectivity index (χ1) is 16.0. The van der Waals surface area contributed by atoms with Crippen molar-refractivity contribution in [2.24, 2.45) is 0 Å². The number of rotatable bonds is 12. The van der Waals surface area contributed by atoms with E-state index in [1.807, 2.05) is 6.07 Å². The monoisotopic (exact) mass is 474 g/mol. The summed E-state index contributed by atoms with van der Waals surface area (Å²) in [5.41, 5.74) is 1.56. The van der Waals surface area contributed by atoms with Gasteiger partial charge in [-0.1, -0.05) is 12.1 Å². The topological polar surface area (TPSA) is 127 Å². The normalized spacial score (nSPS) is 12.2. The Morgan fingerprint density at radius 2 is 1.82 bits per heavy atom. The summed E-state index contributed by atoms with van der Waals surface area (Å²) in [6.07, 6.45) is -1.89. The first-order valence-corrected chi connectivity index (χ1v) is 10.7. The number of nitrogens with zero attached hydrogens (tertiary/aromatic N) is 1. The van der Waals surface area contributed by atoms with Gasteiger partial charge in [-0.3, -0.25) is 10.1 Å². The minimum Gasteiger partial charge on any atom is -0.491 e. The Morgan fingerprint density at radius 1 is 1.12 bits per heavy atom. The van der Waals surface area contributed by atoms with E-state index in [4.69, 9.17) is 29.3 Å². The Bertz CT molecular complexity index is 929. The number of ether oxygens (including phenoxy) is 4. The Labute approximate surface area is 197 Å². The van der Waals surface area contributed by atoms with Crippen molar-refractivity contribution < 1.29 is 33.6 Å². The SMILES string of the molecule is CO[C@@H](CCOC(=O)CS)[C@@H](OC(=O)Nc1ccc(C#N)cc1)c1ccc(OCCO)cc1. The highest BCUT2D eigenvalue weighted by Crippen LogP contribution is 2.28. The van der Waals surface area contributed by atoms with E-state index >= 15 is 0 Å². The fraction of sp³-hybridized carbons (Fsp3) is 0.348. The fourth-order valence-corrected chi connectivity index (χ4v) is 2.99. The molecule has 33 heavy (non-hydrogen) atoms. The van der Waals surface area contributed by atoms with Crippen LogP contribution >= 0.6 is 12.6 Å². The Balaban J connectivity index is 2.16. The number of esters is 1. The van der Waals surface area contributed by atoms with Gasteiger partial charge in [0.15, 0.2) is 6.10 Å². The molecule has 9 nitrogen and oxygen atoms in total. The standard InChI is InChI=1S/C23H26N2O7S/c1-29-20(10-12-31-21(27)15-33)22(17-4-8-19(9-5-17)30-13-11-26)32-23(28)25-18-6-2-16(14-24)3-7-18/h2-9,20,22,26,33H,10-13,15H2,1H3,(H,25,28)/t20-,22-/m0/s1. The van der Waals surface area contributed by atoms with Crippen molar-refractivity contribution in [1.29, 1.82) is 5.26 Å². The van der Waals surface area contributed by atoms with Crippen molar-refractivity contribution in [3.05, 3.63) is 59.7 Å². The van der Waals surface area contributed by atoms with Crippen LogP contribution < -0.4 is 10.1 Å². The summed E-state index contributed by atoms with van der Waals surface area (Å²) in [4.78, 5) is 24.0. The third-order valence-electron chi connectivity index (χ3n) is 4.50. The van der Waals surface area contributed by atoms with Crippen molar-refractivity contribution in [1.82, 2.24) is 0 Å². The van der Waals surface area contributed by atoms with E-state index in [-0.39, 0.29) is 32.0 Å². The number of hydrogen-bond acceptors (Lipinski definition) is 9. The second-order valence-corrected chi connectivity index (χ2v) is 7.04. The largest absolute Gasteiger partial charge is 0.491 e.